The monoisotopic (exact) mass is 1580 g/mol. The van der Waals surface area contributed by atoms with Gasteiger partial charge in [-0.1, -0.05) is 340 Å². The van der Waals surface area contributed by atoms with Crippen LogP contribution in [0.5, 0.6) is 0 Å². The third-order valence-corrected chi connectivity index (χ3v) is 24.8. The van der Waals surface area contributed by atoms with E-state index in [0.717, 1.165) is 219 Å². The minimum absolute atomic E-state index is 0. The van der Waals surface area contributed by atoms with Gasteiger partial charge in [0.1, 0.15) is 0 Å². The van der Waals surface area contributed by atoms with Gasteiger partial charge in [0.25, 0.3) is 0 Å². The Morgan fingerprint density at radius 3 is 0.430 bits per heavy atom. The Balaban J connectivity index is 0.00000829. The van der Waals surface area contributed by atoms with E-state index in [2.05, 4.69) is 388 Å². The van der Waals surface area contributed by atoms with Crippen molar-refractivity contribution in [2.45, 2.75) is 0 Å². The zero-order valence-corrected chi connectivity index (χ0v) is 68.2. The summed E-state index contributed by atoms with van der Waals surface area (Å²) in [7, 11) is 0. The van der Waals surface area contributed by atoms with Crippen molar-refractivity contribution in [3.05, 3.63) is 388 Å². The molecule has 8 nitrogen and oxygen atoms in total. The van der Waals surface area contributed by atoms with Crippen LogP contribution in [0.25, 0.3) is 265 Å². The van der Waals surface area contributed by atoms with Gasteiger partial charge in [-0.25, -0.2) is 9.97 Å². The van der Waals surface area contributed by atoms with Crippen molar-refractivity contribution in [2.24, 2.45) is 0 Å². The van der Waals surface area contributed by atoms with Crippen LogP contribution in [0.3, 0.4) is 0 Å². The Morgan fingerprint density at radius 1 is 0.132 bits per heavy atom. The van der Waals surface area contributed by atoms with Crippen LogP contribution in [-0.4, -0.2) is 29.9 Å². The number of nitrogens with zero attached hydrogens (tertiary/aromatic N) is 8. The molecule has 8 bridgehead atoms. The van der Waals surface area contributed by atoms with Crippen LogP contribution in [0.15, 0.2) is 388 Å². The van der Waals surface area contributed by atoms with E-state index in [-0.39, 0.29) is 19.5 Å². The molecule has 0 saturated heterocycles. The summed E-state index contributed by atoms with van der Waals surface area (Å²) < 4.78 is 0. The molecule has 5 heterocycles. The van der Waals surface area contributed by atoms with E-state index in [1.807, 2.05) is 0 Å². The van der Waals surface area contributed by atoms with E-state index in [9.17, 15) is 0 Å². The normalized spacial score (nSPS) is 11.9. The molecule has 0 spiro atoms. The van der Waals surface area contributed by atoms with E-state index in [0.29, 0.717) is 45.9 Å². The van der Waals surface area contributed by atoms with E-state index >= 15 is 0 Å². The standard InChI is InChI=1S/C112H64N8.Zn/c1-9-33-65(34-10-1)97-73-49-25-26-50-74(73)98(66-35-11-2-12-36-66)82-58-90-89(57-81(82)97)105-113-106(90)118-108-93-61-85-86(102(70-43-19-6-20-44-70)78-54-30-29-53-77(78)101(85)69-41-17-5-18-42-69)62-94(93)110(115-108)120-112-96-64-88-87(103(71-45-21-7-22-46-71)79-55-31-32-56-80(79)104(88)72-47-23-8-24-48-72)63-95(96)111(116-112)119-109-92-60-84-83(59-91(92)107(114-109)117-105)99(67-37-13-3-14-38-67)75-51-27-28-52-76(75)100(84)68-39-15-4-16-40-68;/h1-64H;/q-2;+2. The van der Waals surface area contributed by atoms with Crippen LogP contribution < -0.4 is 9.97 Å². The molecule has 0 fully saturated rings. The predicted molar refractivity (Wildman–Crippen MR) is 498 cm³/mol. The van der Waals surface area contributed by atoms with E-state index < -0.39 is 0 Å². The van der Waals surface area contributed by atoms with Gasteiger partial charge in [-0.2, -0.15) is 0 Å². The molecular weight excluding hydrogens is 1520 g/mol. The van der Waals surface area contributed by atoms with Crippen LogP contribution in [-0.2, 0) is 19.5 Å². The maximum Gasteiger partial charge on any atom is 2.00 e. The molecule has 0 aliphatic carbocycles. The molecular formula is C112H64N8Zn. The second-order valence-electron chi connectivity index (χ2n) is 31.4. The van der Waals surface area contributed by atoms with Crippen molar-refractivity contribution in [1.82, 2.24) is 39.9 Å². The van der Waals surface area contributed by atoms with Crippen LogP contribution in [0, 0.1) is 0 Å². The molecule has 23 aromatic rings. The molecule has 25 rings (SSSR count). The van der Waals surface area contributed by atoms with Gasteiger partial charge in [0.05, 0.1) is 23.3 Å². The first-order chi connectivity index (χ1) is 59.5. The van der Waals surface area contributed by atoms with Crippen LogP contribution >= 0.6 is 0 Å². The first-order valence-corrected chi connectivity index (χ1v) is 40.8. The molecule has 3 aromatic heterocycles. The minimum atomic E-state index is 0. The quantitative estimate of drug-likeness (QED) is 0.109. The van der Waals surface area contributed by atoms with Gasteiger partial charge in [-0.15, -0.1) is 0 Å². The molecule has 0 saturated carbocycles. The summed E-state index contributed by atoms with van der Waals surface area (Å²) in [5.41, 5.74) is 22.5. The average Bonchev–Trinajstić information content (AvgIpc) is 1.69. The number of fused-ring (bicyclic) bond motifs is 28. The minimum Gasteiger partial charge on any atom is -0.357 e. The SMILES string of the molecule is [Zn+2].c1ccc(-c2c3ccccc3c(-c3ccccc3)c3cc4c(cc23)-c2nc-4nc3[n-]c(nc4nc(nc5[n-]c(n2)c2cc6c(-c7ccccc7)c7ccccc7c(-c7ccccc7)c6cc52)-c2cc5c(-c6ccccc6)c6ccccc6c(-c6ccccc6)c5cc2-4)c2cc4c(-c5ccccc5)c5ccccc5c(-c5ccccc5)c4cc32)cc1. The maximum atomic E-state index is 5.96. The summed E-state index contributed by atoms with van der Waals surface area (Å²) >= 11 is 0. The van der Waals surface area contributed by atoms with Crippen molar-refractivity contribution in [2.75, 3.05) is 0 Å². The number of hydrogen-bond donors (Lipinski definition) is 0. The second-order valence-corrected chi connectivity index (χ2v) is 31.4. The number of rotatable bonds is 8. The van der Waals surface area contributed by atoms with Crippen molar-refractivity contribution >= 4 is 130 Å². The molecule has 554 valence electrons. The van der Waals surface area contributed by atoms with E-state index in [4.69, 9.17) is 39.9 Å². The molecule has 0 amide bonds. The molecule has 0 N–H and O–H groups in total. The molecule has 0 unspecified atom stereocenters. The van der Waals surface area contributed by atoms with Crippen LogP contribution in [0.4, 0.5) is 0 Å². The Labute approximate surface area is 707 Å². The first-order valence-electron chi connectivity index (χ1n) is 40.8. The van der Waals surface area contributed by atoms with Gasteiger partial charge in [-0.05, 0) is 245 Å². The zero-order chi connectivity index (χ0) is 78.6. The average molecular weight is 1590 g/mol. The third-order valence-electron chi connectivity index (χ3n) is 24.8. The molecule has 0 radical (unpaired) electrons. The molecule has 121 heavy (non-hydrogen) atoms. The summed E-state index contributed by atoms with van der Waals surface area (Å²) in [4.78, 5) is 47.2. The summed E-state index contributed by atoms with van der Waals surface area (Å²) in [5, 5.41) is 20.5. The maximum absolute atomic E-state index is 5.96. The van der Waals surface area contributed by atoms with Crippen molar-refractivity contribution in [1.29, 1.82) is 0 Å². The Bertz CT molecular complexity index is 7490. The van der Waals surface area contributed by atoms with Crippen molar-refractivity contribution < 1.29 is 19.5 Å². The van der Waals surface area contributed by atoms with Gasteiger partial charge in [0, 0.05) is 44.8 Å². The first kappa shape index (κ1) is 69.7. The Hall–Kier alpha value is -15.5. The second kappa shape index (κ2) is 27.8. The number of hydrogen-bond acceptors (Lipinski definition) is 6. The molecule has 20 aromatic carbocycles. The molecule has 9 heteroatoms. The topological polar surface area (TPSA) is 106 Å². The van der Waals surface area contributed by atoms with Gasteiger partial charge in [-0.3, -0.25) is 0 Å². The van der Waals surface area contributed by atoms with Crippen LogP contribution in [0.2, 0.25) is 0 Å². The number of benzene rings is 20. The smallest absolute Gasteiger partial charge is 0.357 e. The van der Waals surface area contributed by atoms with Crippen molar-refractivity contribution in [3.8, 4) is 135 Å². The van der Waals surface area contributed by atoms with Crippen molar-refractivity contribution in [3.63, 3.8) is 0 Å². The van der Waals surface area contributed by atoms with Gasteiger partial charge < -0.3 is 29.9 Å². The van der Waals surface area contributed by atoms with E-state index in [1.54, 1.807) is 0 Å². The summed E-state index contributed by atoms with van der Waals surface area (Å²) in [5.74, 6) is 1.78. The molecule has 2 aliphatic rings. The van der Waals surface area contributed by atoms with Gasteiger partial charge >= 0.3 is 19.5 Å². The van der Waals surface area contributed by atoms with Crippen LogP contribution in [0.1, 0.15) is 0 Å². The molecule has 2 aliphatic heterocycles. The largest absolute Gasteiger partial charge is 2.00 e. The third kappa shape index (κ3) is 11.0. The summed E-state index contributed by atoms with van der Waals surface area (Å²) in [6.45, 7) is 0. The Kier molecular flexibility index (Phi) is 16.0. The van der Waals surface area contributed by atoms with Gasteiger partial charge in [0.2, 0.25) is 0 Å². The summed E-state index contributed by atoms with van der Waals surface area (Å²) in [6.07, 6.45) is 0. The summed E-state index contributed by atoms with van der Waals surface area (Å²) in [6, 6.07) is 140. The number of aromatic nitrogens is 8. The van der Waals surface area contributed by atoms with Gasteiger partial charge in [0.15, 0.2) is 0 Å². The predicted octanol–water partition coefficient (Wildman–Crippen LogP) is 28.7. The zero-order valence-electron chi connectivity index (χ0n) is 65.2. The fourth-order valence-corrected chi connectivity index (χ4v) is 19.7. The fraction of sp³-hybridized carbons (Fsp3) is 0. The molecule has 0 atom stereocenters. The van der Waals surface area contributed by atoms with E-state index in [1.165, 1.54) is 0 Å². The fourth-order valence-electron chi connectivity index (χ4n) is 19.7. The Morgan fingerprint density at radius 2 is 0.273 bits per heavy atom.